The lowest BCUT2D eigenvalue weighted by atomic mass is 9.98. The van der Waals surface area contributed by atoms with Crippen LogP contribution in [0.5, 0.6) is 0 Å². The number of carbonyl (C=O) groups is 1. The van der Waals surface area contributed by atoms with Gasteiger partial charge in [0.25, 0.3) is 5.91 Å². The van der Waals surface area contributed by atoms with Gasteiger partial charge in [-0.2, -0.15) is 0 Å². The minimum atomic E-state index is -0.917. The maximum Gasteiger partial charge on any atom is 0.251 e. The Morgan fingerprint density at radius 1 is 1.44 bits per heavy atom. The molecule has 0 radical (unpaired) electrons. The van der Waals surface area contributed by atoms with Gasteiger partial charge in [0.1, 0.15) is 6.10 Å². The molecule has 2 rings (SSSR count). The summed E-state index contributed by atoms with van der Waals surface area (Å²) in [6, 6.07) is 5.17. The number of aliphatic hydroxyl groups excluding tert-OH is 2. The van der Waals surface area contributed by atoms with Crippen LogP contribution in [0, 0.1) is 0 Å². The monoisotopic (exact) mass is 250 g/mol. The number of amides is 1. The maximum atomic E-state index is 11.4. The van der Waals surface area contributed by atoms with Crippen molar-refractivity contribution in [3.8, 4) is 0 Å². The molecule has 2 unspecified atom stereocenters. The minimum Gasteiger partial charge on any atom is -0.390 e. The number of aliphatic hydroxyl groups is 2. The first-order chi connectivity index (χ1) is 8.63. The summed E-state index contributed by atoms with van der Waals surface area (Å²) in [5.41, 5.74) is 2.17. The Balaban J connectivity index is 2.12. The van der Waals surface area contributed by atoms with Crippen LogP contribution in [0.25, 0.3) is 0 Å². The molecule has 2 atom stereocenters. The van der Waals surface area contributed by atoms with Crippen molar-refractivity contribution >= 4 is 5.91 Å². The molecule has 0 saturated heterocycles. The highest BCUT2D eigenvalue weighted by atomic mass is 16.3. The molecular weight excluding hydrogens is 232 g/mol. The van der Waals surface area contributed by atoms with E-state index in [-0.39, 0.29) is 5.91 Å². The Hall–Kier alpha value is -1.43. The van der Waals surface area contributed by atoms with E-state index in [1.807, 2.05) is 0 Å². The molecule has 4 N–H and O–H groups in total. The van der Waals surface area contributed by atoms with Crippen molar-refractivity contribution < 1.29 is 15.0 Å². The van der Waals surface area contributed by atoms with Crippen molar-refractivity contribution in [1.82, 2.24) is 10.6 Å². The summed E-state index contributed by atoms with van der Waals surface area (Å²) < 4.78 is 0. The highest BCUT2D eigenvalue weighted by molar-refractivity contribution is 5.98. The zero-order valence-corrected chi connectivity index (χ0v) is 10.3. The quantitative estimate of drug-likeness (QED) is 0.590. The first-order valence-electron chi connectivity index (χ1n) is 6.05. The van der Waals surface area contributed by atoms with E-state index in [9.17, 15) is 15.0 Å². The van der Waals surface area contributed by atoms with Gasteiger partial charge in [-0.25, -0.2) is 0 Å². The summed E-state index contributed by atoms with van der Waals surface area (Å²) in [5, 5.41) is 25.5. The average Bonchev–Trinajstić information content (AvgIpc) is 2.76. The smallest absolute Gasteiger partial charge is 0.251 e. The fraction of sp³-hybridized carbons (Fsp3) is 0.462. The van der Waals surface area contributed by atoms with Crippen LogP contribution in [-0.2, 0) is 6.54 Å². The lowest BCUT2D eigenvalue weighted by Gasteiger charge is -2.18. The molecule has 1 amide bonds. The molecular formula is C13H18N2O3. The molecule has 0 spiro atoms. The van der Waals surface area contributed by atoms with E-state index in [2.05, 4.69) is 10.6 Å². The van der Waals surface area contributed by atoms with Crippen molar-refractivity contribution in [3.63, 3.8) is 0 Å². The van der Waals surface area contributed by atoms with Crippen LogP contribution in [0.2, 0.25) is 0 Å². The molecule has 5 nitrogen and oxygen atoms in total. The van der Waals surface area contributed by atoms with Gasteiger partial charge in [-0.15, -0.1) is 0 Å². The van der Waals surface area contributed by atoms with E-state index in [1.165, 1.54) is 0 Å². The number of carbonyl (C=O) groups excluding carboxylic acids is 1. The minimum absolute atomic E-state index is 0.0817. The predicted octanol–water partition coefficient (Wildman–Crippen LogP) is -0.0662. The van der Waals surface area contributed by atoms with E-state index >= 15 is 0 Å². The third-order valence-electron chi connectivity index (χ3n) is 3.21. The van der Waals surface area contributed by atoms with Crippen molar-refractivity contribution in [3.05, 3.63) is 34.9 Å². The lowest BCUT2D eigenvalue weighted by molar-refractivity contribution is 0.0140. The number of benzene rings is 1. The van der Waals surface area contributed by atoms with Gasteiger partial charge in [0.15, 0.2) is 0 Å². The zero-order chi connectivity index (χ0) is 13.1. The van der Waals surface area contributed by atoms with Gasteiger partial charge in [-0.05, 0) is 37.2 Å². The van der Waals surface area contributed by atoms with Crippen LogP contribution < -0.4 is 10.6 Å². The lowest BCUT2D eigenvalue weighted by Crippen LogP contribution is -2.23. The first-order valence-corrected chi connectivity index (χ1v) is 6.05. The van der Waals surface area contributed by atoms with E-state index < -0.39 is 12.2 Å². The van der Waals surface area contributed by atoms with E-state index in [4.69, 9.17) is 0 Å². The van der Waals surface area contributed by atoms with Crippen molar-refractivity contribution in [2.45, 2.75) is 25.2 Å². The molecule has 1 aromatic rings. The van der Waals surface area contributed by atoms with Crippen molar-refractivity contribution in [2.24, 2.45) is 0 Å². The van der Waals surface area contributed by atoms with E-state index in [1.54, 1.807) is 25.2 Å². The molecule has 0 aliphatic carbocycles. The molecule has 0 saturated carbocycles. The average molecular weight is 250 g/mol. The summed E-state index contributed by atoms with van der Waals surface area (Å²) >= 11 is 0. The van der Waals surface area contributed by atoms with E-state index in [0.29, 0.717) is 30.6 Å². The van der Waals surface area contributed by atoms with Crippen molar-refractivity contribution in [2.75, 3.05) is 13.6 Å². The molecule has 1 heterocycles. The molecule has 0 aromatic heterocycles. The molecule has 1 aliphatic heterocycles. The maximum absolute atomic E-state index is 11.4. The van der Waals surface area contributed by atoms with Crippen LogP contribution in [0.1, 0.15) is 34.0 Å². The van der Waals surface area contributed by atoms with E-state index in [0.717, 1.165) is 5.56 Å². The summed E-state index contributed by atoms with van der Waals surface area (Å²) in [6.45, 7) is 1.13. The van der Waals surface area contributed by atoms with Crippen LogP contribution in [0.3, 0.4) is 0 Å². The predicted molar refractivity (Wildman–Crippen MR) is 67.1 cm³/mol. The second kappa shape index (κ2) is 5.48. The Morgan fingerprint density at radius 3 is 2.94 bits per heavy atom. The Labute approximate surface area is 106 Å². The molecule has 1 aromatic carbocycles. The highest BCUT2D eigenvalue weighted by Gasteiger charge is 2.23. The topological polar surface area (TPSA) is 81.6 Å². The SMILES string of the molecule is CNCCC(O)C(O)c1ccc2c(c1)CNC2=O. The van der Waals surface area contributed by atoms with Crippen LogP contribution >= 0.6 is 0 Å². The summed E-state index contributed by atoms with van der Waals surface area (Å²) in [4.78, 5) is 11.4. The van der Waals surface area contributed by atoms with Gasteiger partial charge < -0.3 is 20.8 Å². The standard InChI is InChI=1S/C13H18N2O3/c1-14-5-4-11(16)12(17)8-2-3-10-9(6-8)7-15-13(10)18/h2-3,6,11-12,14,16-17H,4-5,7H2,1H3,(H,15,18). The zero-order valence-electron chi connectivity index (χ0n) is 10.3. The second-order valence-electron chi connectivity index (χ2n) is 4.50. The van der Waals surface area contributed by atoms with Crippen LogP contribution in [0.15, 0.2) is 18.2 Å². The van der Waals surface area contributed by atoms with Gasteiger partial charge in [0.05, 0.1) is 6.10 Å². The third kappa shape index (κ3) is 2.53. The normalized spacial score (nSPS) is 17.2. The molecule has 18 heavy (non-hydrogen) atoms. The fourth-order valence-corrected chi connectivity index (χ4v) is 2.11. The summed E-state index contributed by atoms with van der Waals surface area (Å²) in [5.74, 6) is -0.0817. The van der Waals surface area contributed by atoms with Crippen molar-refractivity contribution in [1.29, 1.82) is 0 Å². The number of hydrogen-bond acceptors (Lipinski definition) is 4. The molecule has 0 fully saturated rings. The highest BCUT2D eigenvalue weighted by Crippen LogP contribution is 2.24. The fourth-order valence-electron chi connectivity index (χ4n) is 2.11. The van der Waals surface area contributed by atoms with Gasteiger partial charge in [-0.3, -0.25) is 4.79 Å². The molecule has 5 heteroatoms. The second-order valence-corrected chi connectivity index (χ2v) is 4.50. The molecule has 0 bridgehead atoms. The third-order valence-corrected chi connectivity index (χ3v) is 3.21. The molecule has 1 aliphatic rings. The first kappa shape index (κ1) is 13.0. The number of rotatable bonds is 5. The Morgan fingerprint density at radius 2 is 2.22 bits per heavy atom. The Bertz CT molecular complexity index is 448. The number of hydrogen-bond donors (Lipinski definition) is 4. The largest absolute Gasteiger partial charge is 0.390 e. The summed E-state index contributed by atoms with van der Waals surface area (Å²) in [7, 11) is 1.80. The van der Waals surface area contributed by atoms with Gasteiger partial charge in [0, 0.05) is 12.1 Å². The van der Waals surface area contributed by atoms with Gasteiger partial charge in [-0.1, -0.05) is 12.1 Å². The molecule has 98 valence electrons. The van der Waals surface area contributed by atoms with Crippen LogP contribution in [-0.4, -0.2) is 35.8 Å². The number of fused-ring (bicyclic) bond motifs is 1. The Kier molecular flexibility index (Phi) is 3.96. The summed E-state index contributed by atoms with van der Waals surface area (Å²) in [6.07, 6.45) is -1.24. The number of nitrogens with one attached hydrogen (secondary N) is 2. The van der Waals surface area contributed by atoms with Crippen LogP contribution in [0.4, 0.5) is 0 Å². The van der Waals surface area contributed by atoms with Gasteiger partial charge >= 0.3 is 0 Å². The van der Waals surface area contributed by atoms with Gasteiger partial charge in [0.2, 0.25) is 0 Å².